The lowest BCUT2D eigenvalue weighted by atomic mass is 10.00. The number of benzene rings is 1. The molecular formula is C13H21FN2O. The predicted octanol–water partition coefficient (Wildman–Crippen LogP) is 2.18. The highest BCUT2D eigenvalue weighted by molar-refractivity contribution is 5.36. The molecule has 3 nitrogen and oxygen atoms in total. The third kappa shape index (κ3) is 3.68. The van der Waals surface area contributed by atoms with Crippen molar-refractivity contribution in [2.75, 3.05) is 27.7 Å². The maximum absolute atomic E-state index is 13.3. The summed E-state index contributed by atoms with van der Waals surface area (Å²) in [6.45, 7) is 0.641. The number of ether oxygens (including phenoxy) is 1. The summed E-state index contributed by atoms with van der Waals surface area (Å²) in [5.41, 5.74) is 6.41. The van der Waals surface area contributed by atoms with E-state index in [9.17, 15) is 4.39 Å². The first-order valence-corrected chi connectivity index (χ1v) is 5.80. The van der Waals surface area contributed by atoms with Gasteiger partial charge in [-0.1, -0.05) is 0 Å². The van der Waals surface area contributed by atoms with Crippen LogP contribution in [0.4, 0.5) is 4.39 Å². The minimum atomic E-state index is -0.236. The van der Waals surface area contributed by atoms with Crippen LogP contribution in [0.5, 0.6) is 5.75 Å². The molecule has 0 aromatic heterocycles. The fraction of sp³-hybridized carbons (Fsp3) is 0.538. The van der Waals surface area contributed by atoms with E-state index in [1.165, 1.54) is 6.07 Å². The summed E-state index contributed by atoms with van der Waals surface area (Å²) in [5.74, 6) is 0.488. The maximum atomic E-state index is 13.3. The number of rotatable bonds is 6. The molecule has 1 rings (SSSR count). The molecule has 0 fully saturated rings. The lowest BCUT2D eigenvalue weighted by Gasteiger charge is -2.26. The molecule has 0 aliphatic carbocycles. The van der Waals surface area contributed by atoms with Gasteiger partial charge in [0.05, 0.1) is 7.11 Å². The Morgan fingerprint density at radius 2 is 2.12 bits per heavy atom. The highest BCUT2D eigenvalue weighted by Gasteiger charge is 2.18. The normalized spacial score (nSPS) is 12.8. The lowest BCUT2D eigenvalue weighted by Crippen LogP contribution is -2.21. The van der Waals surface area contributed by atoms with Crippen LogP contribution in [0.2, 0.25) is 0 Å². The Kier molecular flexibility index (Phi) is 5.38. The molecule has 96 valence electrons. The van der Waals surface area contributed by atoms with Gasteiger partial charge in [-0.2, -0.15) is 0 Å². The molecule has 1 atom stereocenters. The predicted molar refractivity (Wildman–Crippen MR) is 67.7 cm³/mol. The van der Waals surface area contributed by atoms with Gasteiger partial charge < -0.3 is 15.4 Å². The molecular weight excluding hydrogens is 219 g/mol. The first-order chi connectivity index (χ1) is 8.10. The summed E-state index contributed by atoms with van der Waals surface area (Å²) in [5, 5.41) is 0. The lowest BCUT2D eigenvalue weighted by molar-refractivity contribution is 0.270. The Bertz CT molecular complexity index is 355. The summed E-state index contributed by atoms with van der Waals surface area (Å²) in [4.78, 5) is 2.06. The van der Waals surface area contributed by atoms with E-state index in [1.807, 2.05) is 14.1 Å². The van der Waals surface area contributed by atoms with Gasteiger partial charge >= 0.3 is 0 Å². The van der Waals surface area contributed by atoms with Crippen molar-refractivity contribution in [3.8, 4) is 5.75 Å². The van der Waals surface area contributed by atoms with Gasteiger partial charge in [-0.25, -0.2) is 4.39 Å². The van der Waals surface area contributed by atoms with Crippen LogP contribution in [0, 0.1) is 5.82 Å². The van der Waals surface area contributed by atoms with E-state index in [2.05, 4.69) is 4.90 Å². The molecule has 0 aliphatic rings. The molecule has 0 saturated carbocycles. The van der Waals surface area contributed by atoms with Crippen molar-refractivity contribution in [2.24, 2.45) is 5.73 Å². The van der Waals surface area contributed by atoms with Gasteiger partial charge in [-0.15, -0.1) is 0 Å². The summed E-state index contributed by atoms with van der Waals surface area (Å²) in [6, 6.07) is 4.76. The van der Waals surface area contributed by atoms with Crippen molar-refractivity contribution in [3.63, 3.8) is 0 Å². The second-order valence-corrected chi connectivity index (χ2v) is 4.30. The van der Waals surface area contributed by atoms with Crippen molar-refractivity contribution in [1.82, 2.24) is 4.90 Å². The zero-order chi connectivity index (χ0) is 12.8. The largest absolute Gasteiger partial charge is 0.496 e. The molecule has 0 saturated heterocycles. The molecule has 0 amide bonds. The van der Waals surface area contributed by atoms with Crippen molar-refractivity contribution >= 4 is 0 Å². The number of nitrogens with zero attached hydrogens (tertiary/aromatic N) is 1. The Hall–Kier alpha value is -1.13. The average molecular weight is 240 g/mol. The number of methoxy groups -OCH3 is 1. The number of hydrogen-bond acceptors (Lipinski definition) is 3. The second kappa shape index (κ2) is 6.57. The van der Waals surface area contributed by atoms with E-state index in [0.29, 0.717) is 6.54 Å². The van der Waals surface area contributed by atoms with Gasteiger partial charge in [0.1, 0.15) is 11.6 Å². The summed E-state index contributed by atoms with van der Waals surface area (Å²) < 4.78 is 18.6. The molecule has 4 heteroatoms. The van der Waals surface area contributed by atoms with Gasteiger partial charge in [-0.05, 0) is 51.7 Å². The Balaban J connectivity index is 3.02. The number of nitrogens with two attached hydrogens (primary N) is 1. The number of hydrogen-bond donors (Lipinski definition) is 1. The Morgan fingerprint density at radius 1 is 1.41 bits per heavy atom. The van der Waals surface area contributed by atoms with Crippen LogP contribution in [-0.4, -0.2) is 32.6 Å². The van der Waals surface area contributed by atoms with Crippen LogP contribution < -0.4 is 10.5 Å². The minimum absolute atomic E-state index is 0.129. The zero-order valence-electron chi connectivity index (χ0n) is 10.7. The summed E-state index contributed by atoms with van der Waals surface area (Å²) >= 11 is 0. The van der Waals surface area contributed by atoms with Crippen LogP contribution in [0.1, 0.15) is 24.4 Å². The van der Waals surface area contributed by atoms with E-state index in [-0.39, 0.29) is 11.9 Å². The van der Waals surface area contributed by atoms with Crippen LogP contribution in [0.25, 0.3) is 0 Å². The van der Waals surface area contributed by atoms with Gasteiger partial charge in [-0.3, -0.25) is 0 Å². The third-order valence-electron chi connectivity index (χ3n) is 2.86. The van der Waals surface area contributed by atoms with Gasteiger partial charge in [0.2, 0.25) is 0 Å². The molecule has 0 heterocycles. The molecule has 0 spiro atoms. The highest BCUT2D eigenvalue weighted by atomic mass is 19.1. The molecule has 2 N–H and O–H groups in total. The number of halogens is 1. The van der Waals surface area contributed by atoms with Crippen LogP contribution in [0.15, 0.2) is 18.2 Å². The topological polar surface area (TPSA) is 38.5 Å². The van der Waals surface area contributed by atoms with Crippen molar-refractivity contribution in [2.45, 2.75) is 18.9 Å². The SMILES string of the molecule is COc1ccc(F)cc1C(CCCN)N(C)C. The van der Waals surface area contributed by atoms with Crippen LogP contribution in [0.3, 0.4) is 0 Å². The van der Waals surface area contributed by atoms with Gasteiger partial charge in [0.25, 0.3) is 0 Å². The Morgan fingerprint density at radius 3 is 2.65 bits per heavy atom. The fourth-order valence-corrected chi connectivity index (χ4v) is 1.97. The first kappa shape index (κ1) is 13.9. The Labute approximate surface area is 102 Å². The monoisotopic (exact) mass is 240 g/mol. The minimum Gasteiger partial charge on any atom is -0.496 e. The molecule has 1 aromatic rings. The first-order valence-electron chi connectivity index (χ1n) is 5.80. The second-order valence-electron chi connectivity index (χ2n) is 4.30. The standard InChI is InChI=1S/C13H21FN2O/c1-16(2)12(5-4-8-15)11-9-10(14)6-7-13(11)17-3/h6-7,9,12H,4-5,8,15H2,1-3H3. The average Bonchev–Trinajstić information content (AvgIpc) is 2.29. The molecule has 1 unspecified atom stereocenters. The molecule has 1 aromatic carbocycles. The van der Waals surface area contributed by atoms with E-state index < -0.39 is 0 Å². The smallest absolute Gasteiger partial charge is 0.123 e. The van der Waals surface area contributed by atoms with Crippen LogP contribution >= 0.6 is 0 Å². The maximum Gasteiger partial charge on any atom is 0.123 e. The quantitative estimate of drug-likeness (QED) is 0.828. The van der Waals surface area contributed by atoms with E-state index in [4.69, 9.17) is 10.5 Å². The highest BCUT2D eigenvalue weighted by Crippen LogP contribution is 2.31. The molecule has 0 aliphatic heterocycles. The van der Waals surface area contributed by atoms with E-state index in [0.717, 1.165) is 24.2 Å². The van der Waals surface area contributed by atoms with E-state index >= 15 is 0 Å². The fourth-order valence-electron chi connectivity index (χ4n) is 1.97. The third-order valence-corrected chi connectivity index (χ3v) is 2.86. The summed E-state index contributed by atoms with van der Waals surface area (Å²) in [6.07, 6.45) is 1.80. The van der Waals surface area contributed by atoms with Crippen molar-refractivity contribution in [3.05, 3.63) is 29.6 Å². The molecule has 17 heavy (non-hydrogen) atoms. The van der Waals surface area contributed by atoms with Crippen molar-refractivity contribution in [1.29, 1.82) is 0 Å². The van der Waals surface area contributed by atoms with Gasteiger partial charge in [0, 0.05) is 11.6 Å². The van der Waals surface area contributed by atoms with Gasteiger partial charge in [0.15, 0.2) is 0 Å². The molecule has 0 bridgehead atoms. The zero-order valence-corrected chi connectivity index (χ0v) is 10.7. The van der Waals surface area contributed by atoms with E-state index in [1.54, 1.807) is 19.2 Å². The summed E-state index contributed by atoms with van der Waals surface area (Å²) in [7, 11) is 5.56. The molecule has 0 radical (unpaired) electrons. The van der Waals surface area contributed by atoms with Crippen molar-refractivity contribution < 1.29 is 9.13 Å². The van der Waals surface area contributed by atoms with Crippen LogP contribution in [-0.2, 0) is 0 Å².